The van der Waals surface area contributed by atoms with Crippen LogP contribution in [0.4, 0.5) is 44.7 Å². The van der Waals surface area contributed by atoms with Crippen LogP contribution in [0.1, 0.15) is 31.1 Å². The Kier molecular flexibility index (Phi) is 15.6. The van der Waals surface area contributed by atoms with Crippen molar-refractivity contribution >= 4 is 85.8 Å². The highest BCUT2D eigenvalue weighted by molar-refractivity contribution is 14.1. The standard InChI is InChI=1S/C39H27F5I2N4O9/c40-32-31(33(41)35(43)36(44)34(32)42)39(53)59-20-19-56-30-21-28(50(54)55)13-14-29(30)48-47-26-9-11-27(12-10-26)49(15-17-57-37(51)22-1-5-24(45)6-2-22)16-18-58-38(52)23-3-7-25(46)8-4-23/h1-14,21H,15-20H2. The Balaban J connectivity index is 1.25. The van der Waals surface area contributed by atoms with Crippen LogP contribution in [0, 0.1) is 46.3 Å². The Morgan fingerprint density at radius 1 is 0.610 bits per heavy atom. The second-order valence-corrected chi connectivity index (χ2v) is 14.3. The molecular weight excluding hydrogens is 1020 g/mol. The van der Waals surface area contributed by atoms with Crippen LogP contribution in [0.3, 0.4) is 0 Å². The van der Waals surface area contributed by atoms with E-state index in [9.17, 15) is 46.5 Å². The minimum absolute atomic E-state index is 0.00339. The summed E-state index contributed by atoms with van der Waals surface area (Å²) in [6.45, 7) is -0.926. The van der Waals surface area contributed by atoms with Crippen molar-refractivity contribution in [2.24, 2.45) is 10.2 Å². The highest BCUT2D eigenvalue weighted by Crippen LogP contribution is 2.33. The molecule has 0 spiro atoms. The Morgan fingerprint density at radius 2 is 1.10 bits per heavy atom. The van der Waals surface area contributed by atoms with Gasteiger partial charge in [0.15, 0.2) is 29.0 Å². The molecule has 59 heavy (non-hydrogen) atoms. The zero-order chi connectivity index (χ0) is 42.6. The minimum Gasteiger partial charge on any atom is -0.487 e. The van der Waals surface area contributed by atoms with Crippen LogP contribution >= 0.6 is 45.2 Å². The number of esters is 3. The van der Waals surface area contributed by atoms with Crippen LogP contribution in [0.15, 0.2) is 101 Å². The molecule has 5 aromatic carbocycles. The number of rotatable bonds is 17. The molecule has 0 unspecified atom stereocenters. The van der Waals surface area contributed by atoms with Gasteiger partial charge in [0.25, 0.3) is 5.69 Å². The number of carbonyl (C=O) groups is 3. The number of nitrogens with zero attached hydrogens (tertiary/aromatic N) is 4. The van der Waals surface area contributed by atoms with Crippen molar-refractivity contribution in [1.82, 2.24) is 0 Å². The summed E-state index contributed by atoms with van der Waals surface area (Å²) < 4.78 is 91.3. The summed E-state index contributed by atoms with van der Waals surface area (Å²) >= 11 is 4.24. The normalized spacial score (nSPS) is 11.0. The van der Waals surface area contributed by atoms with Gasteiger partial charge in [0, 0.05) is 18.9 Å². The molecule has 0 atom stereocenters. The first-order valence-corrected chi connectivity index (χ1v) is 19.1. The SMILES string of the molecule is O=C(OCCN(CCOC(=O)c1ccc(I)cc1)c1ccc(N=Nc2ccc([N+](=O)[O-])cc2OCCOC(=O)c2c(F)c(F)c(F)c(F)c2F)cc1)c1ccc(I)cc1. The van der Waals surface area contributed by atoms with Gasteiger partial charge < -0.3 is 23.8 Å². The lowest BCUT2D eigenvalue weighted by Gasteiger charge is -2.24. The van der Waals surface area contributed by atoms with Crippen molar-refractivity contribution in [3.05, 3.63) is 154 Å². The summed E-state index contributed by atoms with van der Waals surface area (Å²) in [4.78, 5) is 49.9. The molecule has 306 valence electrons. The van der Waals surface area contributed by atoms with E-state index in [1.807, 2.05) is 4.90 Å². The maximum atomic E-state index is 14.0. The van der Waals surface area contributed by atoms with Crippen LogP contribution in [-0.2, 0) is 14.2 Å². The number of azo groups is 1. The molecule has 0 saturated carbocycles. The van der Waals surface area contributed by atoms with E-state index in [1.165, 1.54) is 6.07 Å². The molecule has 0 heterocycles. The van der Waals surface area contributed by atoms with E-state index in [0.717, 1.165) is 19.3 Å². The molecule has 0 fully saturated rings. The molecule has 0 amide bonds. The largest absolute Gasteiger partial charge is 0.487 e. The maximum absolute atomic E-state index is 14.0. The Morgan fingerprint density at radius 3 is 1.61 bits per heavy atom. The van der Waals surface area contributed by atoms with Crippen molar-refractivity contribution in [1.29, 1.82) is 0 Å². The smallest absolute Gasteiger partial charge is 0.344 e. The summed E-state index contributed by atoms with van der Waals surface area (Å²) in [5.74, 6) is -15.0. The van der Waals surface area contributed by atoms with Crippen LogP contribution < -0.4 is 9.64 Å². The van der Waals surface area contributed by atoms with Gasteiger partial charge in [-0.05, 0) is 124 Å². The van der Waals surface area contributed by atoms with E-state index in [4.69, 9.17) is 14.2 Å². The Hall–Kier alpha value is -5.78. The third-order valence-corrected chi connectivity index (χ3v) is 9.42. The number of nitro benzene ring substituents is 1. The molecule has 5 aromatic rings. The average Bonchev–Trinajstić information content (AvgIpc) is 3.23. The summed E-state index contributed by atoms with van der Waals surface area (Å²) in [5.41, 5.74) is -0.539. The van der Waals surface area contributed by atoms with Gasteiger partial charge in [0.1, 0.15) is 37.7 Å². The number of benzene rings is 5. The topological polar surface area (TPSA) is 159 Å². The molecule has 0 N–H and O–H groups in total. The first-order valence-electron chi connectivity index (χ1n) is 17.0. The number of hydrogen-bond acceptors (Lipinski definition) is 12. The van der Waals surface area contributed by atoms with E-state index < -0.39 is 76.4 Å². The molecule has 0 radical (unpaired) electrons. The zero-order valence-corrected chi connectivity index (χ0v) is 34.3. The maximum Gasteiger partial charge on any atom is 0.344 e. The monoisotopic (exact) mass is 1040 g/mol. The lowest BCUT2D eigenvalue weighted by atomic mass is 10.1. The van der Waals surface area contributed by atoms with Crippen molar-refractivity contribution in [2.75, 3.05) is 44.4 Å². The highest BCUT2D eigenvalue weighted by Gasteiger charge is 2.30. The van der Waals surface area contributed by atoms with E-state index in [2.05, 4.69) is 60.1 Å². The van der Waals surface area contributed by atoms with E-state index in [-0.39, 0.29) is 37.7 Å². The third-order valence-electron chi connectivity index (χ3n) is 7.98. The summed E-state index contributed by atoms with van der Waals surface area (Å²) in [7, 11) is 0. The molecular formula is C39H27F5I2N4O9. The van der Waals surface area contributed by atoms with E-state index in [0.29, 0.717) is 22.5 Å². The average molecular weight is 1040 g/mol. The molecule has 0 aromatic heterocycles. The summed E-state index contributed by atoms with van der Waals surface area (Å²) in [6.07, 6.45) is 0. The van der Waals surface area contributed by atoms with Crippen LogP contribution in [0.5, 0.6) is 5.75 Å². The number of ether oxygens (including phenoxy) is 4. The van der Waals surface area contributed by atoms with E-state index >= 15 is 0 Å². The number of carbonyl (C=O) groups excluding carboxylic acids is 3. The van der Waals surface area contributed by atoms with Crippen molar-refractivity contribution in [3.63, 3.8) is 0 Å². The van der Waals surface area contributed by atoms with Gasteiger partial charge in [-0.15, -0.1) is 5.11 Å². The Labute approximate surface area is 358 Å². The second kappa shape index (κ2) is 20.8. The molecule has 0 aliphatic rings. The zero-order valence-electron chi connectivity index (χ0n) is 30.0. The lowest BCUT2D eigenvalue weighted by molar-refractivity contribution is -0.384. The van der Waals surface area contributed by atoms with Crippen molar-refractivity contribution < 1.29 is 60.2 Å². The molecule has 0 aliphatic carbocycles. The molecule has 20 heteroatoms. The molecule has 0 saturated heterocycles. The Bertz CT molecular complexity index is 2280. The van der Waals surface area contributed by atoms with Gasteiger partial charge in [0.05, 0.1) is 40.9 Å². The molecule has 0 bridgehead atoms. The van der Waals surface area contributed by atoms with Gasteiger partial charge in [-0.25, -0.2) is 36.3 Å². The first kappa shape index (κ1) is 44.3. The number of anilines is 1. The fraction of sp³-hybridized carbons (Fsp3) is 0.154. The van der Waals surface area contributed by atoms with Crippen LogP contribution in [-0.4, -0.2) is 62.3 Å². The highest BCUT2D eigenvalue weighted by atomic mass is 127. The van der Waals surface area contributed by atoms with Gasteiger partial charge in [-0.1, -0.05) is 0 Å². The van der Waals surface area contributed by atoms with Gasteiger partial charge in [-0.2, -0.15) is 5.11 Å². The quantitative estimate of drug-likeness (QED) is 0.00839. The van der Waals surface area contributed by atoms with E-state index in [1.54, 1.807) is 72.8 Å². The summed E-state index contributed by atoms with van der Waals surface area (Å²) in [6, 6.07) is 23.6. The van der Waals surface area contributed by atoms with Gasteiger partial charge >= 0.3 is 17.9 Å². The first-order chi connectivity index (χ1) is 28.2. The predicted octanol–water partition coefficient (Wildman–Crippen LogP) is 9.67. The predicted molar refractivity (Wildman–Crippen MR) is 217 cm³/mol. The van der Waals surface area contributed by atoms with Crippen molar-refractivity contribution in [3.8, 4) is 5.75 Å². The second-order valence-electron chi connectivity index (χ2n) is 11.8. The molecule has 5 rings (SSSR count). The summed E-state index contributed by atoms with van der Waals surface area (Å²) in [5, 5.41) is 19.7. The number of nitro groups is 1. The number of halogens is 7. The van der Waals surface area contributed by atoms with Gasteiger partial charge in [0.2, 0.25) is 5.82 Å². The fourth-order valence-corrected chi connectivity index (χ4v) is 5.72. The molecule has 13 nitrogen and oxygen atoms in total. The number of non-ortho nitro benzene ring substituents is 1. The van der Waals surface area contributed by atoms with Gasteiger partial charge in [-0.3, -0.25) is 10.1 Å². The third kappa shape index (κ3) is 11.9. The molecule has 0 aliphatic heterocycles. The van der Waals surface area contributed by atoms with Crippen LogP contribution in [0.25, 0.3) is 0 Å². The van der Waals surface area contributed by atoms with Crippen LogP contribution in [0.2, 0.25) is 0 Å². The van der Waals surface area contributed by atoms with Crippen molar-refractivity contribution in [2.45, 2.75) is 0 Å². The minimum atomic E-state index is -2.45. The number of hydrogen-bond donors (Lipinski definition) is 0. The fourth-order valence-electron chi connectivity index (χ4n) is 5.00. The lowest BCUT2D eigenvalue weighted by Crippen LogP contribution is -2.32.